The molecule has 0 spiro atoms. The fourth-order valence-corrected chi connectivity index (χ4v) is 1.85. The van der Waals surface area contributed by atoms with Gasteiger partial charge in [-0.1, -0.05) is 34.1 Å². The van der Waals surface area contributed by atoms with Crippen LogP contribution in [-0.2, 0) is 0 Å². The van der Waals surface area contributed by atoms with Gasteiger partial charge in [0.25, 0.3) is 5.91 Å². The molecule has 2 N–H and O–H groups in total. The molecule has 2 rings (SSSR count). The molecule has 0 bridgehead atoms. The van der Waals surface area contributed by atoms with E-state index in [2.05, 4.69) is 26.5 Å². The molecule has 0 aliphatic carbocycles. The number of rotatable bonds is 3. The first-order chi connectivity index (χ1) is 9.58. The zero-order valence-corrected chi connectivity index (χ0v) is 11.8. The molecule has 0 saturated heterocycles. The highest BCUT2D eigenvalue weighted by Crippen LogP contribution is 2.21. The molecule has 2 aromatic carbocycles. The first kappa shape index (κ1) is 14.2. The number of hydrogen-bond donors (Lipinski definition) is 2. The molecule has 1 amide bonds. The zero-order chi connectivity index (χ0) is 14.5. The Balaban J connectivity index is 2.09. The number of amides is 1. The van der Waals surface area contributed by atoms with E-state index >= 15 is 0 Å². The Hall–Kier alpha value is -2.21. The normalized spacial score (nSPS) is 10.7. The van der Waals surface area contributed by atoms with Crippen LogP contribution in [0.1, 0.15) is 15.9 Å². The lowest BCUT2D eigenvalue weighted by Crippen LogP contribution is -2.17. The van der Waals surface area contributed by atoms with Crippen LogP contribution in [0.4, 0.5) is 4.39 Å². The van der Waals surface area contributed by atoms with Gasteiger partial charge in [0.15, 0.2) is 0 Å². The van der Waals surface area contributed by atoms with Crippen LogP contribution < -0.4 is 5.43 Å². The molecular weight excluding hydrogens is 327 g/mol. The minimum absolute atomic E-state index is 0.0741. The maximum atomic E-state index is 13.3. The van der Waals surface area contributed by atoms with E-state index in [-0.39, 0.29) is 16.9 Å². The van der Waals surface area contributed by atoms with Crippen LogP contribution in [0.5, 0.6) is 5.75 Å². The van der Waals surface area contributed by atoms with E-state index in [1.165, 1.54) is 30.5 Å². The molecule has 4 nitrogen and oxygen atoms in total. The molecule has 0 heterocycles. The van der Waals surface area contributed by atoms with Gasteiger partial charge in [-0.25, -0.2) is 9.82 Å². The third-order valence-electron chi connectivity index (χ3n) is 2.48. The van der Waals surface area contributed by atoms with Crippen LogP contribution in [0.15, 0.2) is 52.0 Å². The summed E-state index contributed by atoms with van der Waals surface area (Å²) in [5.74, 6) is -1.18. The van der Waals surface area contributed by atoms with Gasteiger partial charge in [-0.3, -0.25) is 4.79 Å². The number of halogens is 2. The number of phenols is 1. The maximum absolute atomic E-state index is 13.3. The van der Waals surface area contributed by atoms with Gasteiger partial charge < -0.3 is 5.11 Å². The molecule has 102 valence electrons. The first-order valence-corrected chi connectivity index (χ1v) is 6.43. The standard InChI is InChI=1S/C14H10BrFN2O2/c15-10-5-6-13(19)11(7-10)14(20)18-17-8-9-3-1-2-4-12(9)16/h1-8,19H,(H,18,20)/b17-8-. The van der Waals surface area contributed by atoms with E-state index in [1.807, 2.05) is 0 Å². The maximum Gasteiger partial charge on any atom is 0.275 e. The first-order valence-electron chi connectivity index (χ1n) is 5.64. The summed E-state index contributed by atoms with van der Waals surface area (Å²) < 4.78 is 14.0. The Morgan fingerprint density at radius 1 is 1.30 bits per heavy atom. The van der Waals surface area contributed by atoms with Crippen molar-refractivity contribution >= 4 is 28.1 Å². The number of phenolic OH excluding ortho intramolecular Hbond substituents is 1. The van der Waals surface area contributed by atoms with Gasteiger partial charge in [0, 0.05) is 10.0 Å². The van der Waals surface area contributed by atoms with Gasteiger partial charge in [0.05, 0.1) is 11.8 Å². The number of carbonyl (C=O) groups is 1. The summed E-state index contributed by atoms with van der Waals surface area (Å²) in [4.78, 5) is 11.8. The zero-order valence-electron chi connectivity index (χ0n) is 10.2. The summed E-state index contributed by atoms with van der Waals surface area (Å²) in [6.07, 6.45) is 1.20. The van der Waals surface area contributed by atoms with Gasteiger partial charge in [-0.05, 0) is 24.3 Å². The van der Waals surface area contributed by atoms with Gasteiger partial charge in [-0.2, -0.15) is 5.10 Å². The van der Waals surface area contributed by atoms with Crippen LogP contribution in [0.2, 0.25) is 0 Å². The van der Waals surface area contributed by atoms with Crippen molar-refractivity contribution in [2.75, 3.05) is 0 Å². The Labute approximate surface area is 123 Å². The third kappa shape index (κ3) is 3.42. The molecule has 0 fully saturated rings. The minimum atomic E-state index is -0.587. The quantitative estimate of drug-likeness (QED) is 0.668. The molecule has 0 aliphatic heterocycles. The molecule has 6 heteroatoms. The Morgan fingerprint density at radius 2 is 2.05 bits per heavy atom. The highest BCUT2D eigenvalue weighted by atomic mass is 79.9. The number of hydrogen-bond acceptors (Lipinski definition) is 3. The highest BCUT2D eigenvalue weighted by molar-refractivity contribution is 9.10. The van der Waals surface area contributed by atoms with E-state index in [9.17, 15) is 14.3 Å². The lowest BCUT2D eigenvalue weighted by Gasteiger charge is -2.03. The van der Waals surface area contributed by atoms with E-state index in [4.69, 9.17) is 0 Å². The number of carbonyl (C=O) groups excluding carboxylic acids is 1. The Kier molecular flexibility index (Phi) is 4.47. The number of hydrazone groups is 1. The van der Waals surface area contributed by atoms with E-state index in [0.29, 0.717) is 4.47 Å². The van der Waals surface area contributed by atoms with Crippen molar-refractivity contribution < 1.29 is 14.3 Å². The summed E-state index contributed by atoms with van der Waals surface area (Å²) in [6, 6.07) is 10.5. The molecule has 0 saturated carbocycles. The van der Waals surface area contributed by atoms with Crippen molar-refractivity contribution in [3.8, 4) is 5.75 Å². The van der Waals surface area contributed by atoms with Crippen molar-refractivity contribution in [2.24, 2.45) is 5.10 Å². The van der Waals surface area contributed by atoms with Crippen LogP contribution in [0.25, 0.3) is 0 Å². The monoisotopic (exact) mass is 336 g/mol. The largest absolute Gasteiger partial charge is 0.507 e. The SMILES string of the molecule is O=C(N/N=C\c1ccccc1F)c1cc(Br)ccc1O. The Morgan fingerprint density at radius 3 is 2.80 bits per heavy atom. The second-order valence-electron chi connectivity index (χ2n) is 3.88. The predicted molar refractivity (Wildman–Crippen MR) is 77.3 cm³/mol. The highest BCUT2D eigenvalue weighted by Gasteiger charge is 2.10. The number of aromatic hydroxyl groups is 1. The molecular formula is C14H10BrFN2O2. The summed E-state index contributed by atoms with van der Waals surface area (Å²) in [5.41, 5.74) is 2.56. The van der Waals surface area contributed by atoms with E-state index in [1.54, 1.807) is 18.2 Å². The number of benzene rings is 2. The molecule has 0 atom stereocenters. The van der Waals surface area contributed by atoms with Crippen molar-refractivity contribution in [3.05, 3.63) is 63.9 Å². The smallest absolute Gasteiger partial charge is 0.275 e. The average Bonchev–Trinajstić information content (AvgIpc) is 2.43. The van der Waals surface area contributed by atoms with E-state index in [0.717, 1.165) is 0 Å². The molecule has 0 radical (unpaired) electrons. The molecule has 0 aromatic heterocycles. The summed E-state index contributed by atoms with van der Waals surface area (Å²) >= 11 is 3.20. The molecule has 0 aliphatic rings. The van der Waals surface area contributed by atoms with Crippen LogP contribution >= 0.6 is 15.9 Å². The second kappa shape index (κ2) is 6.29. The van der Waals surface area contributed by atoms with Gasteiger partial charge in [0.1, 0.15) is 11.6 Å². The van der Waals surface area contributed by atoms with Crippen LogP contribution in [0.3, 0.4) is 0 Å². The summed E-state index contributed by atoms with van der Waals surface area (Å²) in [7, 11) is 0. The van der Waals surface area contributed by atoms with Crippen molar-refractivity contribution in [2.45, 2.75) is 0 Å². The topological polar surface area (TPSA) is 61.7 Å². The van der Waals surface area contributed by atoms with Crippen LogP contribution in [-0.4, -0.2) is 17.2 Å². The second-order valence-corrected chi connectivity index (χ2v) is 4.80. The fourth-order valence-electron chi connectivity index (χ4n) is 1.49. The van der Waals surface area contributed by atoms with Gasteiger partial charge in [0.2, 0.25) is 0 Å². The summed E-state index contributed by atoms with van der Waals surface area (Å²) in [6.45, 7) is 0. The van der Waals surface area contributed by atoms with E-state index < -0.39 is 11.7 Å². The molecule has 20 heavy (non-hydrogen) atoms. The summed E-state index contributed by atoms with van der Waals surface area (Å²) in [5, 5.41) is 13.2. The molecule has 2 aromatic rings. The molecule has 0 unspecified atom stereocenters. The third-order valence-corrected chi connectivity index (χ3v) is 2.97. The van der Waals surface area contributed by atoms with Gasteiger partial charge >= 0.3 is 0 Å². The fraction of sp³-hybridized carbons (Fsp3) is 0. The van der Waals surface area contributed by atoms with Crippen molar-refractivity contribution in [1.82, 2.24) is 5.43 Å². The van der Waals surface area contributed by atoms with Crippen molar-refractivity contribution in [3.63, 3.8) is 0 Å². The lowest BCUT2D eigenvalue weighted by atomic mass is 10.2. The Bertz CT molecular complexity index is 674. The number of nitrogens with one attached hydrogen (secondary N) is 1. The number of nitrogens with zero attached hydrogens (tertiary/aromatic N) is 1. The van der Waals surface area contributed by atoms with Crippen LogP contribution in [0, 0.1) is 5.82 Å². The minimum Gasteiger partial charge on any atom is -0.507 e. The predicted octanol–water partition coefficient (Wildman–Crippen LogP) is 3.06. The average molecular weight is 337 g/mol. The lowest BCUT2D eigenvalue weighted by molar-refractivity contribution is 0.0952. The van der Waals surface area contributed by atoms with Gasteiger partial charge in [-0.15, -0.1) is 0 Å². The van der Waals surface area contributed by atoms with Crippen molar-refractivity contribution in [1.29, 1.82) is 0 Å².